The molecule has 108 valence electrons. The summed E-state index contributed by atoms with van der Waals surface area (Å²) < 4.78 is 0.988. The maximum absolute atomic E-state index is 11.9. The number of benzene rings is 2. The second kappa shape index (κ2) is 7.21. The van der Waals surface area contributed by atoms with E-state index in [1.807, 2.05) is 30.3 Å². The van der Waals surface area contributed by atoms with Crippen LogP contribution in [-0.2, 0) is 4.79 Å². The number of nitrogens with one attached hydrogen (secondary N) is 2. The van der Waals surface area contributed by atoms with Crippen LogP contribution in [0.4, 0.5) is 11.4 Å². The van der Waals surface area contributed by atoms with Crippen molar-refractivity contribution in [2.75, 3.05) is 17.2 Å². The van der Waals surface area contributed by atoms with E-state index >= 15 is 0 Å². The molecule has 2 aromatic rings. The van der Waals surface area contributed by atoms with Gasteiger partial charge in [0, 0.05) is 14.8 Å². The molecular weight excluding hydrogens is 379 g/mol. The van der Waals surface area contributed by atoms with E-state index in [2.05, 4.69) is 33.2 Å². The number of hydrogen-bond acceptors (Lipinski definition) is 3. The predicted molar refractivity (Wildman–Crippen MR) is 92.7 cm³/mol. The van der Waals surface area contributed by atoms with Crippen molar-refractivity contribution in [3.05, 3.63) is 57.7 Å². The fourth-order valence-electron chi connectivity index (χ4n) is 1.79. The number of carbonyl (C=O) groups excluding carboxylic acids is 2. The Morgan fingerprint density at radius 1 is 1.10 bits per heavy atom. The molecule has 0 aliphatic carbocycles. The molecule has 0 aliphatic rings. The van der Waals surface area contributed by atoms with Gasteiger partial charge in [0.05, 0.1) is 12.2 Å². The lowest BCUT2D eigenvalue weighted by Gasteiger charge is -2.09. The topological polar surface area (TPSA) is 58.2 Å². The quantitative estimate of drug-likeness (QED) is 0.603. The number of rotatable bonds is 5. The molecule has 0 aliphatic heterocycles. The Hall–Kier alpha value is -1.89. The van der Waals surface area contributed by atoms with Gasteiger partial charge in [-0.25, -0.2) is 0 Å². The lowest BCUT2D eigenvalue weighted by atomic mass is 10.1. The summed E-state index contributed by atoms with van der Waals surface area (Å²) in [5.74, 6) is -0.130. The Balaban J connectivity index is 1.94. The standard InChI is InChI=1S/C16H15IN2O2/c1-11(20)12-5-4-6-13(9-12)18-10-16(21)19-15-8-3-2-7-14(15)17/h2-9,18H,10H2,1H3,(H,19,21). The molecule has 2 aromatic carbocycles. The minimum Gasteiger partial charge on any atom is -0.376 e. The summed E-state index contributed by atoms with van der Waals surface area (Å²) in [7, 11) is 0. The smallest absolute Gasteiger partial charge is 0.243 e. The maximum Gasteiger partial charge on any atom is 0.243 e. The molecule has 0 saturated carbocycles. The third-order valence-corrected chi connectivity index (χ3v) is 3.81. The first-order valence-corrected chi connectivity index (χ1v) is 7.53. The van der Waals surface area contributed by atoms with Crippen molar-refractivity contribution in [3.8, 4) is 0 Å². The number of halogens is 1. The highest BCUT2D eigenvalue weighted by atomic mass is 127. The van der Waals surface area contributed by atoms with Crippen LogP contribution in [0.15, 0.2) is 48.5 Å². The zero-order valence-corrected chi connectivity index (χ0v) is 13.7. The molecule has 0 atom stereocenters. The van der Waals surface area contributed by atoms with E-state index in [4.69, 9.17) is 0 Å². The summed E-state index contributed by atoms with van der Waals surface area (Å²) in [6, 6.07) is 14.7. The van der Waals surface area contributed by atoms with Crippen LogP contribution in [0.2, 0.25) is 0 Å². The Bertz CT molecular complexity index is 671. The third-order valence-electron chi connectivity index (χ3n) is 2.87. The van der Waals surface area contributed by atoms with Crippen LogP contribution in [0.5, 0.6) is 0 Å². The van der Waals surface area contributed by atoms with Crippen LogP contribution < -0.4 is 10.6 Å². The molecule has 0 saturated heterocycles. The molecule has 5 heteroatoms. The van der Waals surface area contributed by atoms with E-state index in [-0.39, 0.29) is 18.2 Å². The largest absolute Gasteiger partial charge is 0.376 e. The van der Waals surface area contributed by atoms with Crippen molar-refractivity contribution in [3.63, 3.8) is 0 Å². The van der Waals surface area contributed by atoms with Gasteiger partial charge < -0.3 is 10.6 Å². The lowest BCUT2D eigenvalue weighted by Crippen LogP contribution is -2.22. The fraction of sp³-hybridized carbons (Fsp3) is 0.125. The van der Waals surface area contributed by atoms with Crippen molar-refractivity contribution in [1.29, 1.82) is 0 Å². The van der Waals surface area contributed by atoms with Gasteiger partial charge in [-0.1, -0.05) is 24.3 Å². The SMILES string of the molecule is CC(=O)c1cccc(NCC(=O)Nc2ccccc2I)c1. The second-order valence-corrected chi connectivity index (χ2v) is 5.68. The molecule has 0 heterocycles. The molecule has 0 radical (unpaired) electrons. The minimum absolute atomic E-state index is 0.00180. The molecule has 0 aromatic heterocycles. The molecule has 0 fully saturated rings. The van der Waals surface area contributed by atoms with Crippen LogP contribution in [0.3, 0.4) is 0 Å². The van der Waals surface area contributed by atoms with Crippen LogP contribution >= 0.6 is 22.6 Å². The number of hydrogen-bond donors (Lipinski definition) is 2. The zero-order valence-electron chi connectivity index (χ0n) is 11.5. The van der Waals surface area contributed by atoms with Crippen LogP contribution in [0, 0.1) is 3.57 Å². The van der Waals surface area contributed by atoms with Gasteiger partial charge in [-0.05, 0) is 53.8 Å². The molecule has 0 unspecified atom stereocenters. The van der Waals surface area contributed by atoms with E-state index < -0.39 is 0 Å². The predicted octanol–water partition coefficient (Wildman–Crippen LogP) is 3.54. The van der Waals surface area contributed by atoms with Gasteiger partial charge in [-0.3, -0.25) is 9.59 Å². The summed E-state index contributed by atoms with van der Waals surface area (Å²) in [5.41, 5.74) is 2.17. The number of para-hydroxylation sites is 1. The maximum atomic E-state index is 11.9. The number of carbonyl (C=O) groups is 2. The number of anilines is 2. The first-order chi connectivity index (χ1) is 10.1. The Morgan fingerprint density at radius 2 is 1.86 bits per heavy atom. The molecule has 0 bridgehead atoms. The van der Waals surface area contributed by atoms with E-state index in [1.54, 1.807) is 18.2 Å². The van der Waals surface area contributed by atoms with Crippen molar-refractivity contribution >= 4 is 45.7 Å². The van der Waals surface area contributed by atoms with Gasteiger partial charge in [-0.15, -0.1) is 0 Å². The molecule has 2 rings (SSSR count). The minimum atomic E-state index is -0.132. The van der Waals surface area contributed by atoms with E-state index in [9.17, 15) is 9.59 Å². The van der Waals surface area contributed by atoms with Gasteiger partial charge in [0.15, 0.2) is 5.78 Å². The Labute approximate surface area is 137 Å². The monoisotopic (exact) mass is 394 g/mol. The van der Waals surface area contributed by atoms with Gasteiger partial charge in [0.25, 0.3) is 0 Å². The fourth-order valence-corrected chi connectivity index (χ4v) is 2.31. The molecule has 21 heavy (non-hydrogen) atoms. The first-order valence-electron chi connectivity index (χ1n) is 6.45. The summed E-state index contributed by atoms with van der Waals surface area (Å²) >= 11 is 2.17. The number of ketones is 1. The average molecular weight is 394 g/mol. The van der Waals surface area contributed by atoms with Gasteiger partial charge in [0.2, 0.25) is 5.91 Å². The highest BCUT2D eigenvalue weighted by molar-refractivity contribution is 14.1. The summed E-state index contributed by atoms with van der Waals surface area (Å²) in [4.78, 5) is 23.2. The van der Waals surface area contributed by atoms with Crippen molar-refractivity contribution < 1.29 is 9.59 Å². The van der Waals surface area contributed by atoms with Gasteiger partial charge in [0.1, 0.15) is 0 Å². The molecule has 2 N–H and O–H groups in total. The average Bonchev–Trinajstić information content (AvgIpc) is 2.48. The van der Waals surface area contributed by atoms with Crippen molar-refractivity contribution in [2.24, 2.45) is 0 Å². The molecule has 4 nitrogen and oxygen atoms in total. The summed E-state index contributed by atoms with van der Waals surface area (Å²) in [6.45, 7) is 1.66. The normalized spacial score (nSPS) is 10.0. The number of Topliss-reactive ketones (excluding diaryl/α,β-unsaturated/α-hetero) is 1. The molecule has 1 amide bonds. The highest BCUT2D eigenvalue weighted by Crippen LogP contribution is 2.17. The first kappa shape index (κ1) is 15.5. The van der Waals surface area contributed by atoms with E-state index in [1.165, 1.54) is 6.92 Å². The Kier molecular flexibility index (Phi) is 5.32. The molecular formula is C16H15IN2O2. The number of amides is 1. The van der Waals surface area contributed by atoms with Crippen LogP contribution in [0.25, 0.3) is 0 Å². The zero-order chi connectivity index (χ0) is 15.2. The van der Waals surface area contributed by atoms with E-state index in [0.717, 1.165) is 14.9 Å². The molecule has 0 spiro atoms. The van der Waals surface area contributed by atoms with Crippen molar-refractivity contribution in [2.45, 2.75) is 6.92 Å². The van der Waals surface area contributed by atoms with Gasteiger partial charge >= 0.3 is 0 Å². The van der Waals surface area contributed by atoms with E-state index in [0.29, 0.717) is 5.56 Å². The lowest BCUT2D eigenvalue weighted by molar-refractivity contribution is -0.114. The van der Waals surface area contributed by atoms with Crippen molar-refractivity contribution in [1.82, 2.24) is 0 Å². The summed E-state index contributed by atoms with van der Waals surface area (Å²) in [6.07, 6.45) is 0. The third kappa shape index (κ3) is 4.56. The summed E-state index contributed by atoms with van der Waals surface area (Å²) in [5, 5.41) is 5.85. The van der Waals surface area contributed by atoms with Gasteiger partial charge in [-0.2, -0.15) is 0 Å². The second-order valence-electron chi connectivity index (χ2n) is 4.52. The van der Waals surface area contributed by atoms with Crippen LogP contribution in [-0.4, -0.2) is 18.2 Å². The Morgan fingerprint density at radius 3 is 2.57 bits per heavy atom. The highest BCUT2D eigenvalue weighted by Gasteiger charge is 2.05. The van der Waals surface area contributed by atoms with Crippen LogP contribution in [0.1, 0.15) is 17.3 Å².